The van der Waals surface area contributed by atoms with Crippen molar-refractivity contribution in [3.63, 3.8) is 0 Å². The van der Waals surface area contributed by atoms with Crippen molar-refractivity contribution >= 4 is 0 Å². The zero-order chi connectivity index (χ0) is 17.1. The molecule has 0 aliphatic carbocycles. The van der Waals surface area contributed by atoms with Crippen molar-refractivity contribution in [1.29, 1.82) is 0 Å². The molecular weight excluding hydrogens is 308 g/mol. The van der Waals surface area contributed by atoms with Gasteiger partial charge in [0.05, 0.1) is 0 Å². The van der Waals surface area contributed by atoms with Gasteiger partial charge in [-0.1, -0.05) is 66.2 Å². The molecule has 0 aliphatic rings. The SMILES string of the molecule is Cc1ccc(-c2nc(-c3ccccc3)nc(-c3ccccc3)[o+]2)cc1. The summed E-state index contributed by atoms with van der Waals surface area (Å²) < 4.78 is 6.03. The molecule has 3 nitrogen and oxygen atoms in total. The Morgan fingerprint density at radius 3 is 1.60 bits per heavy atom. The van der Waals surface area contributed by atoms with E-state index >= 15 is 0 Å². The van der Waals surface area contributed by atoms with Gasteiger partial charge < -0.3 is 0 Å². The van der Waals surface area contributed by atoms with Crippen LogP contribution in [0.4, 0.5) is 0 Å². The van der Waals surface area contributed by atoms with Gasteiger partial charge in [0.1, 0.15) is 11.1 Å². The van der Waals surface area contributed by atoms with E-state index in [1.165, 1.54) is 5.56 Å². The van der Waals surface area contributed by atoms with Gasteiger partial charge in [0.15, 0.2) is 5.82 Å². The fraction of sp³-hybridized carbons (Fsp3) is 0.0455. The van der Waals surface area contributed by atoms with E-state index in [2.05, 4.69) is 29.0 Å². The van der Waals surface area contributed by atoms with Crippen LogP contribution >= 0.6 is 0 Å². The Kier molecular flexibility index (Phi) is 4.05. The summed E-state index contributed by atoms with van der Waals surface area (Å²) in [5.74, 6) is 1.78. The first-order valence-corrected chi connectivity index (χ1v) is 8.20. The lowest BCUT2D eigenvalue weighted by Crippen LogP contribution is -1.95. The average molecular weight is 325 g/mol. The second-order valence-electron chi connectivity index (χ2n) is 5.86. The molecule has 120 valence electrons. The zero-order valence-corrected chi connectivity index (χ0v) is 13.9. The van der Waals surface area contributed by atoms with Crippen LogP contribution in [-0.2, 0) is 0 Å². The lowest BCUT2D eigenvalue weighted by Gasteiger charge is -2.00. The van der Waals surface area contributed by atoms with Crippen LogP contribution in [0.1, 0.15) is 5.56 Å². The molecule has 0 aliphatic heterocycles. The topological polar surface area (TPSA) is 37.1 Å². The van der Waals surface area contributed by atoms with Crippen molar-refractivity contribution in [2.75, 3.05) is 0 Å². The lowest BCUT2D eigenvalue weighted by atomic mass is 10.1. The van der Waals surface area contributed by atoms with Crippen molar-refractivity contribution in [1.82, 2.24) is 9.97 Å². The third-order valence-electron chi connectivity index (χ3n) is 3.96. The first kappa shape index (κ1) is 15.2. The summed E-state index contributed by atoms with van der Waals surface area (Å²) in [5, 5.41) is 0. The standard InChI is InChI=1S/C22H17N2O/c1-16-12-14-19(15-13-16)22-24-20(17-8-4-2-5-9-17)23-21(25-22)18-10-6-3-7-11-18/h2-15H,1H3/q+1. The molecule has 0 bridgehead atoms. The molecule has 0 radical (unpaired) electrons. The summed E-state index contributed by atoms with van der Waals surface area (Å²) in [4.78, 5) is 9.29. The number of aromatic nitrogens is 2. The highest BCUT2D eigenvalue weighted by Gasteiger charge is 2.23. The molecule has 4 aromatic rings. The summed E-state index contributed by atoms with van der Waals surface area (Å²) in [7, 11) is 0. The first-order chi connectivity index (χ1) is 12.3. The normalized spacial score (nSPS) is 10.6. The molecule has 0 atom stereocenters. The van der Waals surface area contributed by atoms with E-state index < -0.39 is 0 Å². The van der Waals surface area contributed by atoms with Crippen molar-refractivity contribution in [2.24, 2.45) is 0 Å². The third kappa shape index (κ3) is 3.31. The second kappa shape index (κ2) is 6.65. The monoisotopic (exact) mass is 325 g/mol. The molecule has 0 N–H and O–H groups in total. The molecule has 25 heavy (non-hydrogen) atoms. The summed E-state index contributed by atoms with van der Waals surface area (Å²) in [6, 6.07) is 28.0. The molecule has 0 saturated heterocycles. The number of hydrogen-bond donors (Lipinski definition) is 0. The number of benzene rings is 3. The van der Waals surface area contributed by atoms with Crippen LogP contribution in [-0.4, -0.2) is 9.97 Å². The zero-order valence-electron chi connectivity index (χ0n) is 13.9. The van der Waals surface area contributed by atoms with Crippen LogP contribution in [0.25, 0.3) is 34.3 Å². The molecule has 1 heterocycles. The van der Waals surface area contributed by atoms with Crippen LogP contribution in [0.2, 0.25) is 0 Å². The molecule has 1 aromatic heterocycles. The quantitative estimate of drug-likeness (QED) is 0.456. The Morgan fingerprint density at radius 2 is 1.04 bits per heavy atom. The number of aryl methyl sites for hydroxylation is 1. The van der Waals surface area contributed by atoms with Crippen LogP contribution < -0.4 is 0 Å². The molecule has 0 amide bonds. The minimum atomic E-state index is 0.560. The van der Waals surface area contributed by atoms with Gasteiger partial charge in [0.25, 0.3) is 0 Å². The molecule has 0 fully saturated rings. The van der Waals surface area contributed by atoms with Gasteiger partial charge in [-0.3, -0.25) is 0 Å². The summed E-state index contributed by atoms with van der Waals surface area (Å²) in [6.45, 7) is 2.06. The summed E-state index contributed by atoms with van der Waals surface area (Å²) >= 11 is 0. The van der Waals surface area contributed by atoms with Crippen molar-refractivity contribution in [3.05, 3.63) is 90.5 Å². The van der Waals surface area contributed by atoms with Gasteiger partial charge in [0.2, 0.25) is 0 Å². The average Bonchev–Trinajstić information content (AvgIpc) is 2.69. The van der Waals surface area contributed by atoms with Gasteiger partial charge in [-0.2, -0.15) is 4.42 Å². The fourth-order valence-corrected chi connectivity index (χ4v) is 2.59. The van der Waals surface area contributed by atoms with Gasteiger partial charge in [-0.25, -0.2) is 0 Å². The van der Waals surface area contributed by atoms with Crippen molar-refractivity contribution in [3.8, 4) is 34.3 Å². The Balaban J connectivity index is 1.90. The second-order valence-corrected chi connectivity index (χ2v) is 5.86. The Labute approximate surface area is 146 Å². The maximum absolute atomic E-state index is 6.03. The smallest absolute Gasteiger partial charge is 0.166 e. The summed E-state index contributed by atoms with van der Waals surface area (Å²) in [6.07, 6.45) is 0. The fourth-order valence-electron chi connectivity index (χ4n) is 2.59. The van der Waals surface area contributed by atoms with Gasteiger partial charge >= 0.3 is 11.8 Å². The highest BCUT2D eigenvalue weighted by molar-refractivity contribution is 5.64. The van der Waals surface area contributed by atoms with E-state index in [0.29, 0.717) is 17.6 Å². The molecule has 0 saturated carbocycles. The van der Waals surface area contributed by atoms with Gasteiger partial charge in [0, 0.05) is 5.56 Å². The van der Waals surface area contributed by atoms with Crippen molar-refractivity contribution < 1.29 is 4.42 Å². The van der Waals surface area contributed by atoms with E-state index in [1.807, 2.05) is 72.8 Å². The van der Waals surface area contributed by atoms with E-state index in [1.54, 1.807) is 0 Å². The van der Waals surface area contributed by atoms with E-state index in [0.717, 1.165) is 16.7 Å². The molecule has 3 heteroatoms. The lowest BCUT2D eigenvalue weighted by molar-refractivity contribution is 0.540. The highest BCUT2D eigenvalue weighted by Crippen LogP contribution is 2.27. The molecular formula is C22H17N2O+. The van der Waals surface area contributed by atoms with Gasteiger partial charge in [-0.15, -0.1) is 9.97 Å². The van der Waals surface area contributed by atoms with Crippen LogP contribution in [0.5, 0.6) is 0 Å². The van der Waals surface area contributed by atoms with E-state index in [-0.39, 0.29) is 0 Å². The largest absolute Gasteiger partial charge is 0.464 e. The minimum Gasteiger partial charge on any atom is -0.166 e. The molecule has 4 rings (SSSR count). The predicted octanol–water partition coefficient (Wildman–Crippen LogP) is 5.66. The molecule has 3 aromatic carbocycles. The maximum atomic E-state index is 6.03. The Bertz CT molecular complexity index is 924. The van der Waals surface area contributed by atoms with Crippen molar-refractivity contribution in [2.45, 2.75) is 6.92 Å². The Hall–Kier alpha value is -3.33. The number of hydrogen-bond acceptors (Lipinski definition) is 2. The van der Waals surface area contributed by atoms with Gasteiger partial charge in [-0.05, 0) is 31.2 Å². The number of nitrogens with zero attached hydrogens (tertiary/aromatic N) is 2. The predicted molar refractivity (Wildman–Crippen MR) is 99.8 cm³/mol. The minimum absolute atomic E-state index is 0.560. The summed E-state index contributed by atoms with van der Waals surface area (Å²) in [5.41, 5.74) is 4.02. The number of rotatable bonds is 3. The molecule has 0 unspecified atom stereocenters. The van der Waals surface area contributed by atoms with Crippen LogP contribution in [0.3, 0.4) is 0 Å². The highest BCUT2D eigenvalue weighted by atomic mass is 16.4. The van der Waals surface area contributed by atoms with Crippen LogP contribution in [0.15, 0.2) is 89.3 Å². The maximum Gasteiger partial charge on any atom is 0.464 e. The Morgan fingerprint density at radius 1 is 0.560 bits per heavy atom. The van der Waals surface area contributed by atoms with Crippen LogP contribution in [0, 0.1) is 6.92 Å². The molecule has 0 spiro atoms. The third-order valence-corrected chi connectivity index (χ3v) is 3.96. The first-order valence-electron chi connectivity index (χ1n) is 8.20. The van der Waals surface area contributed by atoms with E-state index in [4.69, 9.17) is 4.42 Å². The van der Waals surface area contributed by atoms with E-state index in [9.17, 15) is 0 Å².